The van der Waals surface area contributed by atoms with Gasteiger partial charge in [0.05, 0.1) is 6.61 Å². The lowest BCUT2D eigenvalue weighted by molar-refractivity contribution is -0.301. The number of rotatable bonds is 13. The SMILES string of the molecule is CCC.CCc1ccc(OC(CCCC(C2CCCCC2)(C2CCCCC2)C2CCCCC2)OCC(C(F)(F)F)C(F)(F)F)cc1. The zero-order valence-electron chi connectivity index (χ0n) is 28.6. The molecule has 2 nitrogen and oxygen atoms in total. The maximum absolute atomic E-state index is 13.4. The average Bonchev–Trinajstić information content (AvgIpc) is 3.04. The Morgan fingerprint density at radius 2 is 1.07 bits per heavy atom. The van der Waals surface area contributed by atoms with Crippen molar-refractivity contribution in [1.82, 2.24) is 0 Å². The minimum Gasteiger partial charge on any atom is -0.465 e. The van der Waals surface area contributed by atoms with Gasteiger partial charge >= 0.3 is 12.4 Å². The van der Waals surface area contributed by atoms with Crippen LogP contribution in [0.3, 0.4) is 0 Å². The van der Waals surface area contributed by atoms with Crippen LogP contribution in [0.4, 0.5) is 26.3 Å². The summed E-state index contributed by atoms with van der Waals surface area (Å²) in [5.74, 6) is -1.20. The fourth-order valence-electron chi connectivity index (χ4n) is 8.82. The van der Waals surface area contributed by atoms with E-state index in [-0.39, 0.29) is 11.8 Å². The summed E-state index contributed by atoms with van der Waals surface area (Å²) in [5, 5.41) is 0. The van der Waals surface area contributed by atoms with Crippen molar-refractivity contribution in [2.24, 2.45) is 29.1 Å². The minimum atomic E-state index is -5.44. The Kier molecular flexibility index (Phi) is 16.1. The molecule has 1 atom stereocenters. The predicted octanol–water partition coefficient (Wildman–Crippen LogP) is 13.0. The monoisotopic (exact) mass is 662 g/mol. The van der Waals surface area contributed by atoms with Crippen LogP contribution in [0.25, 0.3) is 0 Å². The van der Waals surface area contributed by atoms with E-state index >= 15 is 0 Å². The molecule has 46 heavy (non-hydrogen) atoms. The molecule has 1 aromatic rings. The highest BCUT2D eigenvalue weighted by atomic mass is 19.4. The number of aryl methyl sites for hydroxylation is 1. The first-order valence-corrected chi connectivity index (χ1v) is 18.5. The summed E-state index contributed by atoms with van der Waals surface area (Å²) in [4.78, 5) is 0. The summed E-state index contributed by atoms with van der Waals surface area (Å²) in [6.45, 7) is 4.76. The molecular weight excluding hydrogens is 602 g/mol. The van der Waals surface area contributed by atoms with Gasteiger partial charge in [-0.15, -0.1) is 0 Å². The summed E-state index contributed by atoms with van der Waals surface area (Å²) in [6, 6.07) is 7.16. The van der Waals surface area contributed by atoms with Gasteiger partial charge in [0.25, 0.3) is 0 Å². The first-order valence-electron chi connectivity index (χ1n) is 18.5. The Bertz CT molecular complexity index is 882. The zero-order valence-corrected chi connectivity index (χ0v) is 28.6. The van der Waals surface area contributed by atoms with Gasteiger partial charge in [-0.05, 0) is 98.7 Å². The Labute approximate surface area is 274 Å². The van der Waals surface area contributed by atoms with E-state index in [1.807, 2.05) is 19.1 Å². The third-order valence-corrected chi connectivity index (χ3v) is 11.0. The van der Waals surface area contributed by atoms with E-state index in [9.17, 15) is 26.3 Å². The predicted molar refractivity (Wildman–Crippen MR) is 174 cm³/mol. The molecule has 3 saturated carbocycles. The molecule has 0 amide bonds. The highest BCUT2D eigenvalue weighted by Crippen LogP contribution is 2.59. The molecule has 1 unspecified atom stereocenters. The molecule has 0 radical (unpaired) electrons. The molecule has 0 N–H and O–H groups in total. The lowest BCUT2D eigenvalue weighted by Gasteiger charge is -2.55. The van der Waals surface area contributed by atoms with E-state index in [1.165, 1.54) is 103 Å². The van der Waals surface area contributed by atoms with E-state index in [2.05, 4.69) is 13.8 Å². The van der Waals surface area contributed by atoms with Crippen LogP contribution in [0.15, 0.2) is 24.3 Å². The summed E-state index contributed by atoms with van der Waals surface area (Å²) in [5.41, 5.74) is 1.26. The first-order chi connectivity index (χ1) is 22.0. The molecular formula is C38H60F6O2. The van der Waals surface area contributed by atoms with Gasteiger partial charge in [0.1, 0.15) is 5.75 Å². The molecule has 0 spiro atoms. The third-order valence-electron chi connectivity index (χ3n) is 11.0. The van der Waals surface area contributed by atoms with Crippen molar-refractivity contribution in [1.29, 1.82) is 0 Å². The van der Waals surface area contributed by atoms with Gasteiger partial charge in [0.15, 0.2) is 12.2 Å². The minimum absolute atomic E-state index is 0.190. The largest absolute Gasteiger partial charge is 0.465 e. The van der Waals surface area contributed by atoms with Crippen molar-refractivity contribution in [2.45, 2.75) is 168 Å². The van der Waals surface area contributed by atoms with Crippen molar-refractivity contribution < 1.29 is 35.8 Å². The third kappa shape index (κ3) is 11.3. The standard InChI is InChI=1S/C35H52F6O2.C3H8/c1-2-26-20-22-30(23-21-26)43-32(42-25-31(34(36,37)38)35(39,40)41)19-12-24-33(27-13-6-3-7-14-27,28-15-8-4-9-16-28)29-17-10-5-11-18-29;1-3-2/h20-23,27-29,31-32H,2-19,24-25H2,1H3;3H2,1-2H3. The van der Waals surface area contributed by atoms with E-state index < -0.39 is 31.2 Å². The number of hydrogen-bond acceptors (Lipinski definition) is 2. The lowest BCUT2D eigenvalue weighted by atomic mass is 9.50. The zero-order chi connectivity index (χ0) is 33.6. The van der Waals surface area contributed by atoms with E-state index in [0.717, 1.165) is 18.4 Å². The van der Waals surface area contributed by atoms with Gasteiger partial charge in [-0.2, -0.15) is 26.3 Å². The van der Waals surface area contributed by atoms with Crippen molar-refractivity contribution >= 4 is 0 Å². The van der Waals surface area contributed by atoms with Gasteiger partial charge in [-0.25, -0.2) is 0 Å². The van der Waals surface area contributed by atoms with Crippen LogP contribution in [0.1, 0.15) is 148 Å². The van der Waals surface area contributed by atoms with Gasteiger partial charge < -0.3 is 9.47 Å². The second-order valence-corrected chi connectivity index (χ2v) is 14.2. The normalized spacial score (nSPS) is 20.3. The second-order valence-electron chi connectivity index (χ2n) is 14.2. The van der Waals surface area contributed by atoms with Gasteiger partial charge in [0, 0.05) is 6.42 Å². The second kappa shape index (κ2) is 18.9. The van der Waals surface area contributed by atoms with Crippen LogP contribution in [0.5, 0.6) is 5.75 Å². The molecule has 0 heterocycles. The summed E-state index contributed by atoms with van der Waals surface area (Å²) in [6.07, 6.45) is 10.7. The van der Waals surface area contributed by atoms with Crippen molar-refractivity contribution in [3.63, 3.8) is 0 Å². The number of ether oxygens (including phenoxy) is 2. The van der Waals surface area contributed by atoms with Crippen LogP contribution in [0.2, 0.25) is 0 Å². The number of halogens is 6. The molecule has 3 fully saturated rings. The highest BCUT2D eigenvalue weighted by Gasteiger charge is 2.57. The van der Waals surface area contributed by atoms with E-state index in [4.69, 9.17) is 9.47 Å². The first kappa shape index (κ1) is 39.0. The molecule has 3 aliphatic rings. The summed E-state index contributed by atoms with van der Waals surface area (Å²) < 4.78 is 91.6. The Balaban J connectivity index is 0.00000185. The van der Waals surface area contributed by atoms with Crippen molar-refractivity contribution in [3.05, 3.63) is 29.8 Å². The van der Waals surface area contributed by atoms with Crippen molar-refractivity contribution in [3.8, 4) is 5.75 Å². The van der Waals surface area contributed by atoms with Crippen LogP contribution >= 0.6 is 0 Å². The maximum Gasteiger partial charge on any atom is 0.402 e. The molecule has 0 aliphatic heterocycles. The number of hydrogen-bond donors (Lipinski definition) is 0. The molecule has 4 rings (SSSR count). The molecule has 8 heteroatoms. The smallest absolute Gasteiger partial charge is 0.402 e. The van der Waals surface area contributed by atoms with Gasteiger partial charge in [0.2, 0.25) is 0 Å². The van der Waals surface area contributed by atoms with Crippen LogP contribution in [-0.4, -0.2) is 25.2 Å². The topological polar surface area (TPSA) is 18.5 Å². The quantitative estimate of drug-likeness (QED) is 0.155. The number of benzene rings is 1. The molecule has 0 bridgehead atoms. The fraction of sp³-hybridized carbons (Fsp3) is 0.842. The number of alkyl halides is 6. The Morgan fingerprint density at radius 1 is 0.652 bits per heavy atom. The molecule has 1 aromatic carbocycles. The molecule has 0 aromatic heterocycles. The summed E-state index contributed by atoms with van der Waals surface area (Å²) in [7, 11) is 0. The molecule has 3 aliphatic carbocycles. The maximum atomic E-state index is 13.4. The Morgan fingerprint density at radius 3 is 1.43 bits per heavy atom. The van der Waals surface area contributed by atoms with E-state index in [1.54, 1.807) is 12.1 Å². The Hall–Kier alpha value is -1.44. The van der Waals surface area contributed by atoms with Crippen LogP contribution < -0.4 is 4.74 Å². The molecule has 0 saturated heterocycles. The highest BCUT2D eigenvalue weighted by molar-refractivity contribution is 5.27. The fourth-order valence-corrected chi connectivity index (χ4v) is 8.82. The van der Waals surface area contributed by atoms with Crippen molar-refractivity contribution in [2.75, 3.05) is 6.61 Å². The lowest BCUT2D eigenvalue weighted by Crippen LogP contribution is -2.47. The summed E-state index contributed by atoms with van der Waals surface area (Å²) >= 11 is 0. The van der Waals surface area contributed by atoms with E-state index in [0.29, 0.717) is 29.9 Å². The van der Waals surface area contributed by atoms with Crippen LogP contribution in [0, 0.1) is 29.1 Å². The van der Waals surface area contributed by atoms with Gasteiger partial charge in [-0.3, -0.25) is 0 Å². The average molecular weight is 663 g/mol. The van der Waals surface area contributed by atoms with Gasteiger partial charge in [-0.1, -0.05) is 97.1 Å². The molecule has 266 valence electrons. The van der Waals surface area contributed by atoms with Crippen LogP contribution in [-0.2, 0) is 11.2 Å².